The number of hydrogen-bond acceptors (Lipinski definition) is 3. The zero-order chi connectivity index (χ0) is 15.5. The molecule has 1 aliphatic rings. The number of rotatable bonds is 8. The van der Waals surface area contributed by atoms with Gasteiger partial charge in [-0.05, 0) is 64.6 Å². The lowest BCUT2D eigenvalue weighted by molar-refractivity contribution is 0.218. The van der Waals surface area contributed by atoms with Gasteiger partial charge in [0.2, 0.25) is 0 Å². The number of hydrogen-bond donors (Lipinski definition) is 1. The molecular weight excluding hydrogens is 260 g/mol. The van der Waals surface area contributed by atoms with Crippen LogP contribution in [0.5, 0.6) is 0 Å². The third-order valence-corrected chi connectivity index (χ3v) is 3.93. The minimum Gasteiger partial charge on any atom is -0.463 e. The van der Waals surface area contributed by atoms with Crippen molar-refractivity contribution in [2.45, 2.75) is 78.6 Å². The van der Waals surface area contributed by atoms with Crippen LogP contribution >= 0.6 is 0 Å². The van der Waals surface area contributed by atoms with E-state index in [2.05, 4.69) is 57.0 Å². The monoisotopic (exact) mass is 292 g/mol. The maximum absolute atomic E-state index is 5.99. The lowest BCUT2D eigenvalue weighted by Gasteiger charge is -2.22. The Kier molecular flexibility index (Phi) is 5.50. The van der Waals surface area contributed by atoms with Gasteiger partial charge < -0.3 is 9.73 Å². The first kappa shape index (κ1) is 16.6. The second-order valence-electron chi connectivity index (χ2n) is 7.86. The highest BCUT2D eigenvalue weighted by molar-refractivity contribution is 5.08. The van der Waals surface area contributed by atoms with Crippen LogP contribution in [-0.4, -0.2) is 23.0 Å². The molecule has 1 aromatic rings. The van der Waals surface area contributed by atoms with E-state index in [0.717, 1.165) is 36.6 Å². The molecule has 1 heterocycles. The van der Waals surface area contributed by atoms with Crippen LogP contribution < -0.4 is 5.32 Å². The second-order valence-corrected chi connectivity index (χ2v) is 7.86. The Morgan fingerprint density at radius 2 is 1.90 bits per heavy atom. The Labute approximate surface area is 130 Å². The summed E-state index contributed by atoms with van der Waals surface area (Å²) in [6.07, 6.45) is 3.99. The van der Waals surface area contributed by atoms with Gasteiger partial charge in [-0.15, -0.1) is 0 Å². The summed E-state index contributed by atoms with van der Waals surface area (Å²) in [6, 6.07) is 5.05. The molecule has 1 aliphatic carbocycles. The molecule has 1 N–H and O–H groups in total. The molecule has 0 amide bonds. The first-order valence-electron chi connectivity index (χ1n) is 8.40. The minimum atomic E-state index is 0.129. The van der Waals surface area contributed by atoms with Gasteiger partial charge >= 0.3 is 0 Å². The van der Waals surface area contributed by atoms with Crippen molar-refractivity contribution in [3.8, 4) is 0 Å². The van der Waals surface area contributed by atoms with E-state index in [4.69, 9.17) is 4.42 Å². The fraction of sp³-hybridized carbons (Fsp3) is 0.778. The van der Waals surface area contributed by atoms with Crippen LogP contribution in [0, 0.1) is 5.92 Å². The molecule has 0 aromatic carbocycles. The smallest absolute Gasteiger partial charge is 0.118 e. The molecule has 0 aliphatic heterocycles. The first-order valence-corrected chi connectivity index (χ1v) is 8.40. The summed E-state index contributed by atoms with van der Waals surface area (Å²) in [5, 5.41) is 3.47. The zero-order valence-electron chi connectivity index (χ0n) is 14.4. The summed E-state index contributed by atoms with van der Waals surface area (Å²) in [5.74, 6) is 2.92. The molecule has 0 unspecified atom stereocenters. The van der Waals surface area contributed by atoms with E-state index in [1.54, 1.807) is 0 Å². The molecule has 0 bridgehead atoms. The van der Waals surface area contributed by atoms with Crippen LogP contribution in [0.1, 0.15) is 65.4 Å². The molecule has 0 atom stereocenters. The van der Waals surface area contributed by atoms with E-state index in [-0.39, 0.29) is 5.54 Å². The van der Waals surface area contributed by atoms with Gasteiger partial charge in [0.1, 0.15) is 11.5 Å². The highest BCUT2D eigenvalue weighted by Gasteiger charge is 2.29. The van der Waals surface area contributed by atoms with Gasteiger partial charge in [0.05, 0.1) is 13.1 Å². The zero-order valence-corrected chi connectivity index (χ0v) is 14.4. The van der Waals surface area contributed by atoms with Crippen molar-refractivity contribution in [2.24, 2.45) is 5.92 Å². The molecule has 120 valence electrons. The van der Waals surface area contributed by atoms with Crippen LogP contribution in [0.4, 0.5) is 0 Å². The molecule has 3 nitrogen and oxygen atoms in total. The lowest BCUT2D eigenvalue weighted by Crippen LogP contribution is -2.34. The Morgan fingerprint density at radius 3 is 2.48 bits per heavy atom. The highest BCUT2D eigenvalue weighted by atomic mass is 16.3. The van der Waals surface area contributed by atoms with Gasteiger partial charge in [-0.25, -0.2) is 0 Å². The number of nitrogens with one attached hydrogen (secondary N) is 1. The predicted molar refractivity (Wildman–Crippen MR) is 88.2 cm³/mol. The summed E-state index contributed by atoms with van der Waals surface area (Å²) >= 11 is 0. The van der Waals surface area contributed by atoms with Gasteiger partial charge in [0.15, 0.2) is 0 Å². The van der Waals surface area contributed by atoms with Crippen LogP contribution in [0.15, 0.2) is 16.5 Å². The molecule has 21 heavy (non-hydrogen) atoms. The molecule has 3 heteroatoms. The summed E-state index contributed by atoms with van der Waals surface area (Å²) in [6.45, 7) is 14.1. The third kappa shape index (κ3) is 6.23. The van der Waals surface area contributed by atoms with Crippen molar-refractivity contribution in [2.75, 3.05) is 6.54 Å². The average molecular weight is 292 g/mol. The van der Waals surface area contributed by atoms with Crippen LogP contribution in [0.25, 0.3) is 0 Å². The SMILES string of the molecule is CC(C)CCN(Cc1ccc(CNC(C)(C)C)o1)C1CC1. The van der Waals surface area contributed by atoms with E-state index in [0.29, 0.717) is 0 Å². The van der Waals surface area contributed by atoms with Crippen LogP contribution in [-0.2, 0) is 13.1 Å². The number of furan rings is 1. The van der Waals surface area contributed by atoms with E-state index in [9.17, 15) is 0 Å². The maximum Gasteiger partial charge on any atom is 0.118 e. The average Bonchev–Trinajstić information content (AvgIpc) is 3.12. The van der Waals surface area contributed by atoms with Gasteiger partial charge in [0, 0.05) is 11.6 Å². The fourth-order valence-corrected chi connectivity index (χ4v) is 2.41. The Balaban J connectivity index is 1.84. The van der Waals surface area contributed by atoms with E-state index >= 15 is 0 Å². The summed E-state index contributed by atoms with van der Waals surface area (Å²) < 4.78 is 5.99. The van der Waals surface area contributed by atoms with Crippen molar-refractivity contribution in [1.29, 1.82) is 0 Å². The van der Waals surface area contributed by atoms with Gasteiger partial charge in [-0.3, -0.25) is 4.90 Å². The first-order chi connectivity index (χ1) is 9.83. The Bertz CT molecular complexity index is 427. The molecule has 2 rings (SSSR count). The van der Waals surface area contributed by atoms with Gasteiger partial charge in [-0.2, -0.15) is 0 Å². The standard InChI is InChI=1S/C18H32N2O/c1-14(2)10-11-20(15-6-7-15)13-17-9-8-16(21-17)12-19-18(3,4)5/h8-9,14-15,19H,6-7,10-13H2,1-5H3. The second kappa shape index (κ2) is 6.97. The van der Waals surface area contributed by atoms with E-state index in [1.807, 2.05) is 0 Å². The van der Waals surface area contributed by atoms with Crippen molar-refractivity contribution in [3.63, 3.8) is 0 Å². The van der Waals surface area contributed by atoms with Crippen molar-refractivity contribution in [3.05, 3.63) is 23.7 Å². The molecule has 1 fully saturated rings. The van der Waals surface area contributed by atoms with Crippen molar-refractivity contribution in [1.82, 2.24) is 10.2 Å². The topological polar surface area (TPSA) is 28.4 Å². The molecule has 1 saturated carbocycles. The third-order valence-electron chi connectivity index (χ3n) is 3.93. The van der Waals surface area contributed by atoms with Gasteiger partial charge in [-0.1, -0.05) is 13.8 Å². The molecule has 1 aromatic heterocycles. The summed E-state index contributed by atoms with van der Waals surface area (Å²) in [7, 11) is 0. The summed E-state index contributed by atoms with van der Waals surface area (Å²) in [4.78, 5) is 2.60. The molecule has 0 saturated heterocycles. The fourth-order valence-electron chi connectivity index (χ4n) is 2.41. The molecule has 0 radical (unpaired) electrons. The van der Waals surface area contributed by atoms with Crippen LogP contribution in [0.3, 0.4) is 0 Å². The van der Waals surface area contributed by atoms with Crippen molar-refractivity contribution >= 4 is 0 Å². The molecule has 0 spiro atoms. The quantitative estimate of drug-likeness (QED) is 0.779. The van der Waals surface area contributed by atoms with Gasteiger partial charge in [0.25, 0.3) is 0 Å². The van der Waals surface area contributed by atoms with Crippen molar-refractivity contribution < 1.29 is 4.42 Å². The maximum atomic E-state index is 5.99. The Hall–Kier alpha value is -0.800. The Morgan fingerprint density at radius 1 is 1.24 bits per heavy atom. The lowest BCUT2D eigenvalue weighted by atomic mass is 10.1. The predicted octanol–water partition coefficient (Wildman–Crippen LogP) is 4.18. The van der Waals surface area contributed by atoms with Crippen LogP contribution in [0.2, 0.25) is 0 Å². The van der Waals surface area contributed by atoms with E-state index in [1.165, 1.54) is 25.8 Å². The normalized spacial score (nSPS) is 16.1. The minimum absolute atomic E-state index is 0.129. The van der Waals surface area contributed by atoms with E-state index < -0.39 is 0 Å². The largest absolute Gasteiger partial charge is 0.463 e. The number of nitrogens with zero attached hydrogens (tertiary/aromatic N) is 1. The summed E-state index contributed by atoms with van der Waals surface area (Å²) in [5.41, 5.74) is 0.129. The molecular formula is C18H32N2O. The highest BCUT2D eigenvalue weighted by Crippen LogP contribution is 2.29.